The summed E-state index contributed by atoms with van der Waals surface area (Å²) in [5.41, 5.74) is 1.94. The van der Waals surface area contributed by atoms with Crippen molar-refractivity contribution in [2.45, 2.75) is 6.54 Å². The molecule has 136 valence electrons. The van der Waals surface area contributed by atoms with Crippen LogP contribution in [0.5, 0.6) is 5.75 Å². The van der Waals surface area contributed by atoms with Crippen LogP contribution in [-0.2, 0) is 11.3 Å². The van der Waals surface area contributed by atoms with Gasteiger partial charge in [-0.15, -0.1) is 10.2 Å². The zero-order valence-corrected chi connectivity index (χ0v) is 14.7. The number of amides is 1. The molecule has 0 fully saturated rings. The van der Waals surface area contributed by atoms with E-state index in [-0.39, 0.29) is 12.5 Å². The third-order valence-corrected chi connectivity index (χ3v) is 4.28. The molecule has 0 aliphatic rings. The van der Waals surface area contributed by atoms with Crippen molar-refractivity contribution in [1.29, 1.82) is 0 Å². The van der Waals surface area contributed by atoms with E-state index < -0.39 is 0 Å². The third kappa shape index (κ3) is 3.82. The quantitative estimate of drug-likeness (QED) is 0.549. The lowest BCUT2D eigenvalue weighted by molar-refractivity contribution is -0.123. The van der Waals surface area contributed by atoms with Gasteiger partial charge in [-0.3, -0.25) is 9.36 Å². The number of hydrogen-bond donors (Lipinski definition) is 1. The highest BCUT2D eigenvalue weighted by atomic mass is 16.5. The normalized spacial score (nSPS) is 10.8. The Morgan fingerprint density at radius 2 is 1.78 bits per heavy atom. The maximum absolute atomic E-state index is 12.1. The van der Waals surface area contributed by atoms with Crippen molar-refractivity contribution in [3.8, 4) is 11.4 Å². The second kappa shape index (κ2) is 7.74. The fourth-order valence-electron chi connectivity index (χ4n) is 2.96. The fraction of sp³-hybridized carbons (Fsp3) is 0.150. The molecule has 0 unspecified atom stereocenters. The van der Waals surface area contributed by atoms with Crippen LogP contribution in [-0.4, -0.2) is 38.4 Å². The van der Waals surface area contributed by atoms with Gasteiger partial charge in [0.2, 0.25) is 0 Å². The van der Waals surface area contributed by atoms with Crippen LogP contribution in [0.25, 0.3) is 16.6 Å². The SMILES string of the molecule is O=C(COc1ccccc1-n1cnnc1)NCCn1ccc2ccccc21. The van der Waals surface area contributed by atoms with Gasteiger partial charge in [0.1, 0.15) is 18.4 Å². The molecule has 7 nitrogen and oxygen atoms in total. The molecule has 0 atom stereocenters. The molecule has 2 aromatic heterocycles. The molecule has 2 aromatic carbocycles. The van der Waals surface area contributed by atoms with E-state index in [0.717, 1.165) is 11.2 Å². The first-order valence-electron chi connectivity index (χ1n) is 8.69. The van der Waals surface area contributed by atoms with Crippen LogP contribution >= 0.6 is 0 Å². The lowest BCUT2D eigenvalue weighted by atomic mass is 10.2. The highest BCUT2D eigenvalue weighted by Gasteiger charge is 2.08. The standard InChI is InChI=1S/C20H19N5O2/c26-20(21-10-12-24-11-9-16-5-1-2-6-17(16)24)13-27-19-8-4-3-7-18(19)25-14-22-23-15-25/h1-9,11,14-15H,10,12-13H2,(H,21,26). The van der Waals surface area contributed by atoms with E-state index >= 15 is 0 Å². The second-order valence-electron chi connectivity index (χ2n) is 6.04. The molecule has 7 heteroatoms. The maximum atomic E-state index is 12.1. The van der Waals surface area contributed by atoms with Gasteiger partial charge in [-0.25, -0.2) is 0 Å². The average Bonchev–Trinajstić information content (AvgIpc) is 3.37. The van der Waals surface area contributed by atoms with Crippen molar-refractivity contribution in [3.63, 3.8) is 0 Å². The molecule has 0 saturated heterocycles. The van der Waals surface area contributed by atoms with Gasteiger partial charge < -0.3 is 14.6 Å². The largest absolute Gasteiger partial charge is 0.482 e. The van der Waals surface area contributed by atoms with Crippen LogP contribution in [0, 0.1) is 0 Å². The summed E-state index contributed by atoms with van der Waals surface area (Å²) in [7, 11) is 0. The van der Waals surface area contributed by atoms with E-state index in [9.17, 15) is 4.79 Å². The summed E-state index contributed by atoms with van der Waals surface area (Å²) >= 11 is 0. The molecule has 1 amide bonds. The lowest BCUT2D eigenvalue weighted by Gasteiger charge is -2.12. The van der Waals surface area contributed by atoms with Gasteiger partial charge in [-0.1, -0.05) is 30.3 Å². The predicted molar refractivity (Wildman–Crippen MR) is 102 cm³/mol. The number of hydrogen-bond acceptors (Lipinski definition) is 4. The number of rotatable bonds is 7. The monoisotopic (exact) mass is 361 g/mol. The van der Waals surface area contributed by atoms with Crippen molar-refractivity contribution in [2.75, 3.05) is 13.2 Å². The maximum Gasteiger partial charge on any atom is 0.258 e. The van der Waals surface area contributed by atoms with Gasteiger partial charge >= 0.3 is 0 Å². The number of nitrogens with zero attached hydrogens (tertiary/aromatic N) is 4. The molecule has 0 radical (unpaired) electrons. The van der Waals surface area contributed by atoms with E-state index in [1.165, 1.54) is 5.39 Å². The number of nitrogens with one attached hydrogen (secondary N) is 1. The van der Waals surface area contributed by atoms with E-state index in [4.69, 9.17) is 4.74 Å². The highest BCUT2D eigenvalue weighted by Crippen LogP contribution is 2.21. The Morgan fingerprint density at radius 1 is 1.00 bits per heavy atom. The lowest BCUT2D eigenvalue weighted by Crippen LogP contribution is -2.31. The molecular weight excluding hydrogens is 342 g/mol. The molecule has 1 N–H and O–H groups in total. The first-order valence-corrected chi connectivity index (χ1v) is 8.69. The van der Waals surface area contributed by atoms with E-state index in [0.29, 0.717) is 18.8 Å². The number of ether oxygens (including phenoxy) is 1. The first-order chi connectivity index (χ1) is 13.3. The predicted octanol–water partition coefficient (Wildman–Crippen LogP) is 2.42. The molecular formula is C20H19N5O2. The van der Waals surface area contributed by atoms with Crippen LogP contribution in [0.15, 0.2) is 73.4 Å². The van der Waals surface area contributed by atoms with Crippen molar-refractivity contribution < 1.29 is 9.53 Å². The van der Waals surface area contributed by atoms with Gasteiger partial charge in [0.15, 0.2) is 6.61 Å². The number of benzene rings is 2. The summed E-state index contributed by atoms with van der Waals surface area (Å²) in [6, 6.07) is 17.7. The average molecular weight is 361 g/mol. The topological polar surface area (TPSA) is 74.0 Å². The summed E-state index contributed by atoms with van der Waals surface area (Å²) in [4.78, 5) is 12.1. The van der Waals surface area contributed by atoms with Gasteiger partial charge in [-0.05, 0) is 29.7 Å². The molecule has 2 heterocycles. The molecule has 0 saturated carbocycles. The number of fused-ring (bicyclic) bond motifs is 1. The highest BCUT2D eigenvalue weighted by molar-refractivity contribution is 5.80. The zero-order chi connectivity index (χ0) is 18.5. The van der Waals surface area contributed by atoms with Crippen molar-refractivity contribution >= 4 is 16.8 Å². The Labute approximate surface area is 156 Å². The van der Waals surface area contributed by atoms with E-state index in [2.05, 4.69) is 38.3 Å². The van der Waals surface area contributed by atoms with Crippen molar-refractivity contribution in [2.24, 2.45) is 0 Å². The number of carbonyl (C=O) groups is 1. The fourth-order valence-corrected chi connectivity index (χ4v) is 2.96. The third-order valence-electron chi connectivity index (χ3n) is 4.28. The Kier molecular flexibility index (Phi) is 4.82. The minimum atomic E-state index is -0.162. The molecule has 4 rings (SSSR count). The van der Waals surface area contributed by atoms with Crippen molar-refractivity contribution in [3.05, 3.63) is 73.4 Å². The van der Waals surface area contributed by atoms with Crippen LogP contribution < -0.4 is 10.1 Å². The van der Waals surface area contributed by atoms with Crippen LogP contribution in [0.3, 0.4) is 0 Å². The van der Waals surface area contributed by atoms with Gasteiger partial charge in [-0.2, -0.15) is 0 Å². The number of carbonyl (C=O) groups excluding carboxylic acids is 1. The number of para-hydroxylation sites is 3. The summed E-state index contributed by atoms with van der Waals surface area (Å²) < 4.78 is 9.55. The Balaban J connectivity index is 1.31. The first kappa shape index (κ1) is 16.8. The zero-order valence-electron chi connectivity index (χ0n) is 14.7. The molecule has 0 aliphatic heterocycles. The van der Waals surface area contributed by atoms with Crippen LogP contribution in [0.2, 0.25) is 0 Å². The van der Waals surface area contributed by atoms with Crippen LogP contribution in [0.1, 0.15) is 0 Å². The van der Waals surface area contributed by atoms with Gasteiger partial charge in [0.05, 0.1) is 5.69 Å². The Hall–Kier alpha value is -3.61. The van der Waals surface area contributed by atoms with E-state index in [1.54, 1.807) is 17.2 Å². The summed E-state index contributed by atoms with van der Waals surface area (Å²) in [6.45, 7) is 1.19. The van der Waals surface area contributed by atoms with Crippen LogP contribution in [0.4, 0.5) is 0 Å². The smallest absolute Gasteiger partial charge is 0.258 e. The summed E-state index contributed by atoms with van der Waals surface area (Å²) in [5.74, 6) is 0.439. The molecule has 0 spiro atoms. The Morgan fingerprint density at radius 3 is 2.67 bits per heavy atom. The Bertz CT molecular complexity index is 1040. The molecule has 0 aliphatic carbocycles. The number of aromatic nitrogens is 4. The minimum absolute atomic E-state index is 0.0500. The van der Waals surface area contributed by atoms with E-state index in [1.807, 2.05) is 42.6 Å². The second-order valence-corrected chi connectivity index (χ2v) is 6.04. The summed E-state index contributed by atoms with van der Waals surface area (Å²) in [6.07, 6.45) is 5.20. The molecule has 27 heavy (non-hydrogen) atoms. The van der Waals surface area contributed by atoms with Gasteiger partial charge in [0.25, 0.3) is 5.91 Å². The molecule has 0 bridgehead atoms. The van der Waals surface area contributed by atoms with Gasteiger partial charge in [0, 0.05) is 24.8 Å². The summed E-state index contributed by atoms with van der Waals surface area (Å²) in [5, 5.41) is 11.7. The van der Waals surface area contributed by atoms with Crippen molar-refractivity contribution in [1.82, 2.24) is 24.6 Å². The minimum Gasteiger partial charge on any atom is -0.482 e. The molecule has 4 aromatic rings.